The van der Waals surface area contributed by atoms with Crippen molar-refractivity contribution in [3.05, 3.63) is 71.0 Å². The van der Waals surface area contributed by atoms with Gasteiger partial charge >= 0.3 is 0 Å². The number of thiazole rings is 1. The molecule has 0 spiro atoms. The molecule has 0 saturated carbocycles. The average Bonchev–Trinajstić information content (AvgIpc) is 3.43. The first-order chi connectivity index (χ1) is 16.6. The molecule has 34 heavy (non-hydrogen) atoms. The Morgan fingerprint density at radius 2 is 1.82 bits per heavy atom. The Labute approximate surface area is 203 Å². The van der Waals surface area contributed by atoms with E-state index in [1.165, 1.54) is 15.8 Å². The number of benzene rings is 2. The van der Waals surface area contributed by atoms with Crippen molar-refractivity contribution in [3.8, 4) is 0 Å². The van der Waals surface area contributed by atoms with E-state index >= 15 is 0 Å². The summed E-state index contributed by atoms with van der Waals surface area (Å²) in [6.45, 7) is 4.86. The third-order valence-electron chi connectivity index (χ3n) is 6.52. The van der Waals surface area contributed by atoms with Gasteiger partial charge in [-0.2, -0.15) is 0 Å². The number of nitrogens with zero attached hydrogens (tertiary/aromatic N) is 7. The molecule has 6 rings (SSSR count). The molecule has 8 nitrogen and oxygen atoms in total. The van der Waals surface area contributed by atoms with Gasteiger partial charge < -0.3 is 9.80 Å². The van der Waals surface area contributed by atoms with Crippen LogP contribution in [-0.4, -0.2) is 65.1 Å². The van der Waals surface area contributed by atoms with Crippen molar-refractivity contribution in [2.24, 2.45) is 0 Å². The smallest absolute Gasteiger partial charge is 0.151 e. The Bertz CT molecular complexity index is 1310. The van der Waals surface area contributed by atoms with Crippen LogP contribution in [0.3, 0.4) is 0 Å². The topological polar surface area (TPSA) is 63.7 Å². The van der Waals surface area contributed by atoms with E-state index in [9.17, 15) is 0 Å². The molecular formula is C25H28N8S. The van der Waals surface area contributed by atoms with Crippen molar-refractivity contribution in [2.75, 3.05) is 55.7 Å². The van der Waals surface area contributed by atoms with E-state index in [1.54, 1.807) is 11.3 Å². The van der Waals surface area contributed by atoms with Gasteiger partial charge in [-0.15, -0.1) is 11.3 Å². The lowest BCUT2D eigenvalue weighted by molar-refractivity contribution is 0.312. The van der Waals surface area contributed by atoms with Crippen LogP contribution in [0.4, 0.5) is 17.3 Å². The summed E-state index contributed by atoms with van der Waals surface area (Å²) in [4.78, 5) is 19.1. The third-order valence-corrected chi connectivity index (χ3v) is 7.32. The van der Waals surface area contributed by atoms with Gasteiger partial charge in [0.05, 0.1) is 21.4 Å². The van der Waals surface area contributed by atoms with Crippen molar-refractivity contribution in [1.29, 1.82) is 0 Å². The molecule has 4 aromatic rings. The molecule has 0 bridgehead atoms. The first kappa shape index (κ1) is 21.3. The third kappa shape index (κ3) is 4.18. The van der Waals surface area contributed by atoms with Gasteiger partial charge in [-0.3, -0.25) is 5.43 Å². The lowest BCUT2D eigenvalue weighted by Gasteiger charge is -2.34. The highest BCUT2D eigenvalue weighted by molar-refractivity contribution is 7.16. The fourth-order valence-electron chi connectivity index (χ4n) is 4.62. The number of nitrogens with one attached hydrogen (secondary N) is 1. The van der Waals surface area contributed by atoms with Gasteiger partial charge in [0.15, 0.2) is 5.82 Å². The Hall–Kier alpha value is -3.27. The van der Waals surface area contributed by atoms with Crippen LogP contribution in [0, 0.1) is 0 Å². The molecule has 0 radical (unpaired) electrons. The number of likely N-dealkylation sites (N-methyl/N-ethyl adjacent to an activating group) is 1. The van der Waals surface area contributed by atoms with Crippen LogP contribution in [-0.2, 0) is 13.0 Å². The van der Waals surface area contributed by atoms with Crippen LogP contribution in [0.15, 0.2) is 54.0 Å². The van der Waals surface area contributed by atoms with Crippen LogP contribution in [0.1, 0.15) is 17.0 Å². The first-order valence-corrected chi connectivity index (χ1v) is 12.5. The van der Waals surface area contributed by atoms with Crippen LogP contribution in [0.5, 0.6) is 0 Å². The number of para-hydroxylation sites is 1. The summed E-state index contributed by atoms with van der Waals surface area (Å²) in [6.07, 6.45) is 0.677. The summed E-state index contributed by atoms with van der Waals surface area (Å²) >= 11 is 1.67. The molecule has 4 heterocycles. The molecule has 0 amide bonds. The Morgan fingerprint density at radius 3 is 2.71 bits per heavy atom. The maximum Gasteiger partial charge on any atom is 0.151 e. The minimum Gasteiger partial charge on any atom is -0.354 e. The van der Waals surface area contributed by atoms with Gasteiger partial charge in [0, 0.05) is 52.3 Å². The van der Waals surface area contributed by atoms with Crippen molar-refractivity contribution in [1.82, 2.24) is 24.9 Å². The molecule has 9 heteroatoms. The predicted molar refractivity (Wildman–Crippen MR) is 138 cm³/mol. The van der Waals surface area contributed by atoms with Gasteiger partial charge in [-0.05, 0) is 36.4 Å². The SMILES string of the molecule is CN1CCN(c2cc(NN3c4ccccc4CN3C)nc(Cc3ccc4ncsc4c3)n2)CC1. The van der Waals surface area contributed by atoms with Gasteiger partial charge in [0.1, 0.15) is 11.6 Å². The van der Waals surface area contributed by atoms with Gasteiger partial charge in [0.25, 0.3) is 0 Å². The summed E-state index contributed by atoms with van der Waals surface area (Å²) in [7, 11) is 4.26. The number of fused-ring (bicyclic) bond motifs is 2. The number of aromatic nitrogens is 3. The lowest BCUT2D eigenvalue weighted by atomic mass is 10.1. The van der Waals surface area contributed by atoms with E-state index in [0.717, 1.165) is 61.4 Å². The molecule has 1 N–H and O–H groups in total. The van der Waals surface area contributed by atoms with Crippen LogP contribution < -0.4 is 15.4 Å². The van der Waals surface area contributed by atoms with Gasteiger partial charge in [0.2, 0.25) is 0 Å². The molecule has 2 aromatic heterocycles. The first-order valence-electron chi connectivity index (χ1n) is 11.6. The van der Waals surface area contributed by atoms with E-state index in [0.29, 0.717) is 6.42 Å². The summed E-state index contributed by atoms with van der Waals surface area (Å²) in [5.74, 6) is 2.61. The largest absolute Gasteiger partial charge is 0.354 e. The Balaban J connectivity index is 1.33. The number of rotatable bonds is 5. The zero-order chi connectivity index (χ0) is 23.1. The van der Waals surface area contributed by atoms with Crippen molar-refractivity contribution >= 4 is 38.9 Å². The molecule has 0 aliphatic carbocycles. The Morgan fingerprint density at radius 1 is 0.971 bits per heavy atom. The van der Waals surface area contributed by atoms with E-state index in [1.807, 2.05) is 5.51 Å². The summed E-state index contributed by atoms with van der Waals surface area (Å²) in [5, 5.41) is 4.25. The normalized spacial score (nSPS) is 16.9. The summed E-state index contributed by atoms with van der Waals surface area (Å²) in [6, 6.07) is 17.0. The highest BCUT2D eigenvalue weighted by atomic mass is 32.1. The van der Waals surface area contributed by atoms with Crippen LogP contribution in [0.2, 0.25) is 0 Å². The van der Waals surface area contributed by atoms with Gasteiger partial charge in [-0.25, -0.2) is 25.1 Å². The molecule has 174 valence electrons. The second-order valence-electron chi connectivity index (χ2n) is 9.02. The van der Waals surface area contributed by atoms with E-state index in [4.69, 9.17) is 9.97 Å². The highest BCUT2D eigenvalue weighted by Crippen LogP contribution is 2.31. The molecule has 0 unspecified atom stereocenters. The maximum absolute atomic E-state index is 4.99. The quantitative estimate of drug-likeness (QED) is 0.473. The number of anilines is 3. The molecule has 0 atom stereocenters. The molecule has 2 aliphatic heterocycles. The number of piperazine rings is 1. The van der Waals surface area contributed by atoms with Crippen LogP contribution >= 0.6 is 11.3 Å². The van der Waals surface area contributed by atoms with E-state index in [2.05, 4.69) is 93.0 Å². The van der Waals surface area contributed by atoms with E-state index < -0.39 is 0 Å². The average molecular weight is 473 g/mol. The number of hydrazine groups is 2. The number of hydrogen-bond acceptors (Lipinski definition) is 9. The monoisotopic (exact) mass is 472 g/mol. The minimum absolute atomic E-state index is 0.677. The second-order valence-corrected chi connectivity index (χ2v) is 9.90. The maximum atomic E-state index is 4.99. The fourth-order valence-corrected chi connectivity index (χ4v) is 5.36. The van der Waals surface area contributed by atoms with Gasteiger partial charge in [-0.1, -0.05) is 24.3 Å². The van der Waals surface area contributed by atoms with Crippen molar-refractivity contribution in [2.45, 2.75) is 13.0 Å². The molecule has 1 saturated heterocycles. The zero-order valence-corrected chi connectivity index (χ0v) is 20.3. The van der Waals surface area contributed by atoms with Crippen molar-refractivity contribution in [3.63, 3.8) is 0 Å². The van der Waals surface area contributed by atoms with Crippen molar-refractivity contribution < 1.29 is 0 Å². The second kappa shape index (κ2) is 8.83. The predicted octanol–water partition coefficient (Wildman–Crippen LogP) is 3.62. The highest BCUT2D eigenvalue weighted by Gasteiger charge is 2.25. The lowest BCUT2D eigenvalue weighted by Crippen LogP contribution is -2.45. The number of hydrogen-bond donors (Lipinski definition) is 1. The molecule has 2 aromatic carbocycles. The Kier molecular flexibility index (Phi) is 5.52. The standard InChI is InChI=1S/C25H28N8S/c1-30-9-11-32(12-10-30)25-15-24(29-33-21-6-4-3-5-19(21)16-31(33)2)27-23(28-25)14-18-7-8-20-22(13-18)34-17-26-20/h3-8,13,15,17H,9-12,14,16H2,1-2H3,(H,27,28,29). The fraction of sp³-hybridized carbons (Fsp3) is 0.320. The zero-order valence-electron chi connectivity index (χ0n) is 19.5. The summed E-state index contributed by atoms with van der Waals surface area (Å²) < 4.78 is 1.20. The molecular weight excluding hydrogens is 444 g/mol. The minimum atomic E-state index is 0.677. The van der Waals surface area contributed by atoms with Crippen LogP contribution in [0.25, 0.3) is 10.2 Å². The summed E-state index contributed by atoms with van der Waals surface area (Å²) in [5.41, 5.74) is 10.1. The molecule has 1 fully saturated rings. The van der Waals surface area contributed by atoms with E-state index in [-0.39, 0.29) is 0 Å². The molecule has 2 aliphatic rings.